The molecule has 1 amide bonds. The normalized spacial score (nSPS) is 12.1. The van der Waals surface area contributed by atoms with Crippen LogP contribution in [-0.2, 0) is 19.6 Å². The summed E-state index contributed by atoms with van der Waals surface area (Å²) in [4.78, 5) is 28.5. The molecule has 0 aliphatic rings. The van der Waals surface area contributed by atoms with E-state index in [0.29, 0.717) is 36.9 Å². The van der Waals surface area contributed by atoms with E-state index in [4.69, 9.17) is 5.26 Å². The van der Waals surface area contributed by atoms with Crippen LogP contribution < -0.4 is 10.0 Å². The average Bonchev–Trinajstić information content (AvgIpc) is 2.82. The van der Waals surface area contributed by atoms with Crippen molar-refractivity contribution in [2.24, 2.45) is 0 Å². The zero-order valence-electron chi connectivity index (χ0n) is 18.8. The molecule has 0 unspecified atom stereocenters. The van der Waals surface area contributed by atoms with Crippen LogP contribution in [0.5, 0.6) is 0 Å². The number of aromatic nitrogens is 1. The molecule has 3 rings (SSSR count). The zero-order chi connectivity index (χ0) is 24.6. The first kappa shape index (κ1) is 25.0. The number of pyridine rings is 1. The summed E-state index contributed by atoms with van der Waals surface area (Å²) in [6, 6.07) is 15.6. The third-order valence-electron chi connectivity index (χ3n) is 5.29. The molecule has 8 nitrogen and oxygen atoms in total. The van der Waals surface area contributed by atoms with E-state index in [0.717, 1.165) is 10.9 Å². The molecule has 1 heterocycles. The highest BCUT2D eigenvalue weighted by molar-refractivity contribution is 7.89. The minimum Gasteiger partial charge on any atom is -0.323 e. The molecule has 1 aromatic heterocycles. The van der Waals surface area contributed by atoms with Crippen molar-refractivity contribution in [2.75, 3.05) is 5.32 Å². The number of sulfonamides is 1. The van der Waals surface area contributed by atoms with Crippen molar-refractivity contribution in [1.29, 1.82) is 5.26 Å². The van der Waals surface area contributed by atoms with E-state index >= 15 is 0 Å². The average molecular weight is 479 g/mol. The van der Waals surface area contributed by atoms with Gasteiger partial charge in [-0.25, -0.2) is 8.42 Å². The van der Waals surface area contributed by atoms with E-state index in [1.54, 1.807) is 6.07 Å². The fourth-order valence-corrected chi connectivity index (χ4v) is 4.71. The highest BCUT2D eigenvalue weighted by Gasteiger charge is 2.26. The molecule has 0 saturated heterocycles. The van der Waals surface area contributed by atoms with Gasteiger partial charge in [0.2, 0.25) is 15.9 Å². The number of benzene rings is 2. The van der Waals surface area contributed by atoms with Gasteiger partial charge in [0.05, 0.1) is 33.9 Å². The number of nitrogens with one attached hydrogen (secondary N) is 2. The molecular formula is C25H26N4O4S. The van der Waals surface area contributed by atoms with Gasteiger partial charge in [-0.1, -0.05) is 31.0 Å². The molecule has 2 N–H and O–H groups in total. The number of hydrogen-bond acceptors (Lipinski definition) is 6. The highest BCUT2D eigenvalue weighted by Crippen LogP contribution is 2.18. The topological polar surface area (TPSA) is 129 Å². The van der Waals surface area contributed by atoms with Crippen molar-refractivity contribution >= 4 is 38.3 Å². The second-order valence-electron chi connectivity index (χ2n) is 8.02. The Kier molecular flexibility index (Phi) is 8.46. The number of fused-ring (bicyclic) bond motifs is 1. The Hall–Kier alpha value is -3.61. The Bertz CT molecular complexity index is 1310. The van der Waals surface area contributed by atoms with Gasteiger partial charge in [-0.3, -0.25) is 9.78 Å². The molecule has 3 aromatic rings. The van der Waals surface area contributed by atoms with Gasteiger partial charge in [-0.15, -0.1) is 0 Å². The fraction of sp³-hybridized carbons (Fsp3) is 0.280. The van der Waals surface area contributed by atoms with Crippen LogP contribution in [0.4, 0.5) is 5.69 Å². The maximum atomic E-state index is 13.1. The van der Waals surface area contributed by atoms with E-state index in [2.05, 4.69) is 15.0 Å². The van der Waals surface area contributed by atoms with Crippen LogP contribution in [0.1, 0.15) is 44.6 Å². The van der Waals surface area contributed by atoms with Crippen molar-refractivity contribution in [1.82, 2.24) is 9.71 Å². The Morgan fingerprint density at radius 1 is 1.06 bits per heavy atom. The summed E-state index contributed by atoms with van der Waals surface area (Å²) < 4.78 is 28.3. The summed E-state index contributed by atoms with van der Waals surface area (Å²) in [7, 11) is -4.00. The minimum atomic E-state index is -4.00. The number of ketones is 1. The van der Waals surface area contributed by atoms with Gasteiger partial charge in [0.1, 0.15) is 11.8 Å². The van der Waals surface area contributed by atoms with Crippen LogP contribution in [0.3, 0.4) is 0 Å². The molecule has 9 heteroatoms. The van der Waals surface area contributed by atoms with Crippen molar-refractivity contribution in [3.63, 3.8) is 0 Å². The molecule has 1 atom stereocenters. The maximum Gasteiger partial charge on any atom is 0.242 e. The van der Waals surface area contributed by atoms with Crippen LogP contribution in [-0.4, -0.2) is 31.1 Å². The lowest BCUT2D eigenvalue weighted by atomic mass is 10.1. The van der Waals surface area contributed by atoms with Crippen molar-refractivity contribution in [2.45, 2.75) is 50.0 Å². The number of hydrogen-bond donors (Lipinski definition) is 2. The first-order valence-corrected chi connectivity index (χ1v) is 12.4. The summed E-state index contributed by atoms with van der Waals surface area (Å²) in [6.45, 7) is 1.53. The summed E-state index contributed by atoms with van der Waals surface area (Å²) in [5.41, 5.74) is 1.58. The first-order chi connectivity index (χ1) is 16.3. The molecule has 0 bridgehead atoms. The van der Waals surface area contributed by atoms with Crippen LogP contribution in [0, 0.1) is 11.3 Å². The number of amides is 1. The Labute approximate surface area is 199 Å². The number of nitriles is 1. The molecule has 0 aliphatic carbocycles. The number of para-hydroxylation sites is 1. The maximum absolute atomic E-state index is 13.1. The van der Waals surface area contributed by atoms with E-state index < -0.39 is 22.0 Å². The predicted molar refractivity (Wildman–Crippen MR) is 129 cm³/mol. The summed E-state index contributed by atoms with van der Waals surface area (Å²) >= 11 is 0. The smallest absolute Gasteiger partial charge is 0.242 e. The van der Waals surface area contributed by atoms with Gasteiger partial charge in [-0.2, -0.15) is 9.98 Å². The first-order valence-electron chi connectivity index (χ1n) is 11.0. The molecule has 0 saturated carbocycles. The van der Waals surface area contributed by atoms with Gasteiger partial charge in [-0.05, 0) is 56.2 Å². The second-order valence-corrected chi connectivity index (χ2v) is 9.73. The molecule has 0 fully saturated rings. The Morgan fingerprint density at radius 3 is 2.50 bits per heavy atom. The lowest BCUT2D eigenvalue weighted by Crippen LogP contribution is -2.43. The number of nitrogens with zero attached hydrogens (tertiary/aromatic N) is 2. The fourth-order valence-electron chi connectivity index (χ4n) is 3.48. The van der Waals surface area contributed by atoms with E-state index in [1.165, 1.54) is 37.4 Å². The van der Waals surface area contributed by atoms with Crippen LogP contribution in [0.2, 0.25) is 0 Å². The molecule has 34 heavy (non-hydrogen) atoms. The second kappa shape index (κ2) is 11.5. The van der Waals surface area contributed by atoms with E-state index in [9.17, 15) is 18.0 Å². The number of unbranched alkanes of at least 4 members (excludes halogenated alkanes) is 2. The van der Waals surface area contributed by atoms with Gasteiger partial charge < -0.3 is 10.1 Å². The Morgan fingerprint density at radius 2 is 1.79 bits per heavy atom. The molecule has 2 aromatic carbocycles. The standard InChI is InChI=1S/C25H26N4O4S/c1-18(30)7-3-2-4-10-24(29-34(32,33)22-13-11-19(16-26)12-14-22)25(31)28-21-15-20-8-5-6-9-23(20)27-17-21/h5-6,8-9,11-15,17,24,29H,2-4,7,10H2,1H3,(H,28,31)/t24-/m0/s1. The van der Waals surface area contributed by atoms with Gasteiger partial charge in [0.25, 0.3) is 0 Å². The highest BCUT2D eigenvalue weighted by atomic mass is 32.2. The van der Waals surface area contributed by atoms with Crippen molar-refractivity contribution in [3.05, 3.63) is 66.4 Å². The molecular weight excluding hydrogens is 452 g/mol. The van der Waals surface area contributed by atoms with Crippen molar-refractivity contribution < 1.29 is 18.0 Å². The number of carbonyl (C=O) groups is 2. The van der Waals surface area contributed by atoms with Gasteiger partial charge in [0.15, 0.2) is 0 Å². The van der Waals surface area contributed by atoms with Crippen LogP contribution >= 0.6 is 0 Å². The lowest BCUT2D eigenvalue weighted by Gasteiger charge is -2.19. The zero-order valence-corrected chi connectivity index (χ0v) is 19.6. The van der Waals surface area contributed by atoms with Crippen molar-refractivity contribution in [3.8, 4) is 6.07 Å². The van der Waals surface area contributed by atoms with Crippen LogP contribution in [0.25, 0.3) is 10.9 Å². The summed E-state index contributed by atoms with van der Waals surface area (Å²) in [5, 5.41) is 12.5. The molecule has 176 valence electrons. The molecule has 0 spiro atoms. The van der Waals surface area contributed by atoms with Gasteiger partial charge >= 0.3 is 0 Å². The summed E-state index contributed by atoms with van der Waals surface area (Å²) in [5.74, 6) is -0.402. The van der Waals surface area contributed by atoms with E-state index in [1.807, 2.05) is 30.3 Å². The monoisotopic (exact) mass is 478 g/mol. The molecule has 0 radical (unpaired) electrons. The number of rotatable bonds is 11. The van der Waals surface area contributed by atoms with E-state index in [-0.39, 0.29) is 17.1 Å². The van der Waals surface area contributed by atoms with Gasteiger partial charge in [0, 0.05) is 11.8 Å². The third-order valence-corrected chi connectivity index (χ3v) is 6.77. The quantitative estimate of drug-likeness (QED) is 0.402. The molecule has 0 aliphatic heterocycles. The third kappa shape index (κ3) is 6.94. The number of carbonyl (C=O) groups excluding carboxylic acids is 2. The SMILES string of the molecule is CC(=O)CCCCC[C@H](NS(=O)(=O)c1ccc(C#N)cc1)C(=O)Nc1cnc2ccccc2c1. The lowest BCUT2D eigenvalue weighted by molar-refractivity contribution is -0.118. The van der Waals surface area contributed by atoms with Crippen LogP contribution in [0.15, 0.2) is 65.7 Å². The largest absolute Gasteiger partial charge is 0.323 e. The number of anilines is 1. The summed E-state index contributed by atoms with van der Waals surface area (Å²) in [6.07, 6.45) is 4.19. The Balaban J connectivity index is 1.75. The predicted octanol–water partition coefficient (Wildman–Crippen LogP) is 3.93. The number of Topliss-reactive ketones (excluding diaryl/α,β-unsaturated/α-hetero) is 1. The minimum absolute atomic E-state index is 0.0340.